The number of benzene rings is 2. The summed E-state index contributed by atoms with van der Waals surface area (Å²) < 4.78 is 0. The molecule has 3 amide bonds. The average molecular weight is 436 g/mol. The molecule has 0 spiro atoms. The number of hydrogen-bond donors (Lipinski definition) is 1. The van der Waals surface area contributed by atoms with E-state index >= 15 is 0 Å². The van der Waals surface area contributed by atoms with Gasteiger partial charge in [-0.15, -0.1) is 0 Å². The van der Waals surface area contributed by atoms with E-state index in [0.29, 0.717) is 19.5 Å². The van der Waals surface area contributed by atoms with Crippen molar-refractivity contribution in [1.29, 1.82) is 0 Å². The average Bonchev–Trinajstić information content (AvgIpc) is 2.77. The molecule has 1 aliphatic heterocycles. The summed E-state index contributed by atoms with van der Waals surface area (Å²) in [4.78, 5) is 40.7. The van der Waals surface area contributed by atoms with Gasteiger partial charge in [-0.25, -0.2) is 0 Å². The molecule has 0 saturated carbocycles. The van der Waals surface area contributed by atoms with Crippen molar-refractivity contribution in [3.8, 4) is 11.1 Å². The van der Waals surface area contributed by atoms with Crippen LogP contribution in [0.5, 0.6) is 0 Å². The van der Waals surface area contributed by atoms with E-state index in [4.69, 9.17) is 0 Å². The van der Waals surface area contributed by atoms with Crippen LogP contribution in [-0.4, -0.2) is 61.3 Å². The predicted molar refractivity (Wildman–Crippen MR) is 126 cm³/mol. The summed E-state index contributed by atoms with van der Waals surface area (Å²) >= 11 is 0. The zero-order chi connectivity index (χ0) is 23.3. The number of piperidine rings is 1. The largest absolute Gasteiger partial charge is 0.348 e. The highest BCUT2D eigenvalue weighted by atomic mass is 16.2. The van der Waals surface area contributed by atoms with Crippen LogP contribution in [0.2, 0.25) is 0 Å². The Morgan fingerprint density at radius 3 is 2.41 bits per heavy atom. The van der Waals surface area contributed by atoms with Crippen LogP contribution in [0, 0.1) is 12.3 Å². The predicted octanol–water partition coefficient (Wildman–Crippen LogP) is 3.04. The molecule has 1 saturated heterocycles. The second-order valence-electron chi connectivity index (χ2n) is 9.06. The summed E-state index contributed by atoms with van der Waals surface area (Å²) in [6.45, 7) is 4.39. The first-order chi connectivity index (χ1) is 15.2. The number of carbonyl (C=O) groups is 3. The van der Waals surface area contributed by atoms with Crippen molar-refractivity contribution >= 4 is 17.7 Å². The molecule has 1 atom stereocenters. The molecule has 0 bridgehead atoms. The molecule has 1 heterocycles. The number of rotatable bonds is 6. The Hall–Kier alpha value is -3.15. The van der Waals surface area contributed by atoms with E-state index in [1.54, 1.807) is 23.9 Å². The fourth-order valence-electron chi connectivity index (χ4n) is 4.60. The molecule has 6 nitrogen and oxygen atoms in total. The molecule has 170 valence electrons. The van der Waals surface area contributed by atoms with Gasteiger partial charge in [-0.3, -0.25) is 14.4 Å². The molecule has 2 aromatic rings. The quantitative estimate of drug-likeness (QED) is 0.758. The summed E-state index contributed by atoms with van der Waals surface area (Å²) in [5.41, 5.74) is 3.87. The standard InChI is InChI=1S/C26H33N3O3/c1-19-8-5-10-22(14-19)23-11-6-9-21(15-23)16-26(25(32)28(3)4)12-7-13-29(18-26)24(31)17-27-20(2)30/h5-6,8-11,14-15H,7,12-13,16-18H2,1-4H3,(H,27,30). The number of hydrogen-bond acceptors (Lipinski definition) is 3. The zero-order valence-electron chi connectivity index (χ0n) is 19.5. The maximum Gasteiger partial charge on any atom is 0.241 e. The molecule has 3 rings (SSSR count). The molecule has 6 heteroatoms. The molecule has 1 aliphatic rings. The second-order valence-corrected chi connectivity index (χ2v) is 9.06. The van der Waals surface area contributed by atoms with Crippen LogP contribution in [0.4, 0.5) is 0 Å². The van der Waals surface area contributed by atoms with Crippen LogP contribution in [0.15, 0.2) is 48.5 Å². The first-order valence-electron chi connectivity index (χ1n) is 11.1. The van der Waals surface area contributed by atoms with Crippen LogP contribution in [0.1, 0.15) is 30.9 Å². The fraction of sp³-hybridized carbons (Fsp3) is 0.423. The van der Waals surface area contributed by atoms with Gasteiger partial charge in [-0.05, 0) is 42.9 Å². The number of nitrogens with zero attached hydrogens (tertiary/aromatic N) is 2. The Labute approximate surface area is 190 Å². The monoisotopic (exact) mass is 435 g/mol. The Balaban J connectivity index is 1.88. The van der Waals surface area contributed by atoms with Gasteiger partial charge in [0.25, 0.3) is 0 Å². The van der Waals surface area contributed by atoms with Crippen LogP contribution in [0.3, 0.4) is 0 Å². The number of aryl methyl sites for hydroxylation is 1. The highest BCUT2D eigenvalue weighted by molar-refractivity contribution is 5.86. The first-order valence-corrected chi connectivity index (χ1v) is 11.1. The third kappa shape index (κ3) is 5.55. The van der Waals surface area contributed by atoms with Crippen molar-refractivity contribution in [3.05, 3.63) is 59.7 Å². The normalized spacial score (nSPS) is 18.2. The topological polar surface area (TPSA) is 69.7 Å². The highest BCUT2D eigenvalue weighted by Crippen LogP contribution is 2.36. The van der Waals surface area contributed by atoms with Gasteiger partial charge >= 0.3 is 0 Å². The van der Waals surface area contributed by atoms with Crippen LogP contribution in [-0.2, 0) is 20.8 Å². The van der Waals surface area contributed by atoms with Crippen molar-refractivity contribution in [3.63, 3.8) is 0 Å². The van der Waals surface area contributed by atoms with E-state index in [0.717, 1.165) is 29.5 Å². The maximum atomic E-state index is 13.4. The third-order valence-corrected chi connectivity index (χ3v) is 6.10. The minimum absolute atomic E-state index is 0.0373. The molecule has 1 unspecified atom stereocenters. The third-order valence-electron chi connectivity index (χ3n) is 6.10. The van der Waals surface area contributed by atoms with Gasteiger partial charge in [0.05, 0.1) is 12.0 Å². The van der Waals surface area contributed by atoms with E-state index < -0.39 is 5.41 Å². The lowest BCUT2D eigenvalue weighted by Gasteiger charge is -2.43. The molecule has 0 aliphatic carbocycles. The van der Waals surface area contributed by atoms with E-state index in [1.165, 1.54) is 12.5 Å². The molecule has 1 N–H and O–H groups in total. The number of nitrogens with one attached hydrogen (secondary N) is 1. The van der Waals surface area contributed by atoms with Crippen LogP contribution in [0.25, 0.3) is 11.1 Å². The van der Waals surface area contributed by atoms with E-state index in [9.17, 15) is 14.4 Å². The van der Waals surface area contributed by atoms with Gasteiger partial charge in [0.2, 0.25) is 17.7 Å². The van der Waals surface area contributed by atoms with Gasteiger partial charge in [0.1, 0.15) is 0 Å². The molecular weight excluding hydrogens is 402 g/mol. The summed E-state index contributed by atoms with van der Waals surface area (Å²) in [7, 11) is 3.54. The summed E-state index contributed by atoms with van der Waals surface area (Å²) in [6, 6.07) is 16.7. The summed E-state index contributed by atoms with van der Waals surface area (Å²) in [5, 5.41) is 2.58. The maximum absolute atomic E-state index is 13.4. The molecule has 0 radical (unpaired) electrons. The SMILES string of the molecule is CC(=O)NCC(=O)N1CCCC(Cc2cccc(-c3cccc(C)c3)c2)(C(=O)N(C)C)C1. The van der Waals surface area contributed by atoms with Gasteiger partial charge in [-0.2, -0.15) is 0 Å². The first kappa shape index (κ1) is 23.5. The van der Waals surface area contributed by atoms with Crippen molar-refractivity contribution in [2.75, 3.05) is 33.7 Å². The van der Waals surface area contributed by atoms with Gasteiger partial charge in [0.15, 0.2) is 0 Å². The van der Waals surface area contributed by atoms with E-state index in [-0.39, 0.29) is 24.3 Å². The Bertz CT molecular complexity index is 1000. The molecular formula is C26H33N3O3. The Morgan fingerprint density at radius 1 is 1.06 bits per heavy atom. The van der Waals surface area contributed by atoms with E-state index in [1.807, 2.05) is 12.1 Å². The van der Waals surface area contributed by atoms with Gasteiger partial charge < -0.3 is 15.1 Å². The lowest BCUT2D eigenvalue weighted by atomic mass is 9.73. The molecule has 32 heavy (non-hydrogen) atoms. The van der Waals surface area contributed by atoms with Crippen molar-refractivity contribution in [1.82, 2.24) is 15.1 Å². The van der Waals surface area contributed by atoms with Gasteiger partial charge in [-0.1, -0.05) is 54.1 Å². The fourth-order valence-corrected chi connectivity index (χ4v) is 4.60. The smallest absolute Gasteiger partial charge is 0.241 e. The lowest BCUT2D eigenvalue weighted by molar-refractivity contribution is -0.147. The van der Waals surface area contributed by atoms with Crippen LogP contribution < -0.4 is 5.32 Å². The zero-order valence-corrected chi connectivity index (χ0v) is 19.5. The lowest BCUT2D eigenvalue weighted by Crippen LogP contribution is -2.55. The minimum atomic E-state index is -0.682. The van der Waals surface area contributed by atoms with Gasteiger partial charge in [0, 0.05) is 34.1 Å². The van der Waals surface area contributed by atoms with E-state index in [2.05, 4.69) is 48.6 Å². The minimum Gasteiger partial charge on any atom is -0.348 e. The molecule has 2 aromatic carbocycles. The second kappa shape index (κ2) is 9.98. The Morgan fingerprint density at radius 2 is 1.75 bits per heavy atom. The number of carbonyl (C=O) groups excluding carboxylic acids is 3. The summed E-state index contributed by atoms with van der Waals surface area (Å²) in [6.07, 6.45) is 2.04. The van der Waals surface area contributed by atoms with Crippen molar-refractivity contribution in [2.24, 2.45) is 5.41 Å². The number of amides is 3. The van der Waals surface area contributed by atoms with Crippen molar-refractivity contribution < 1.29 is 14.4 Å². The Kier molecular flexibility index (Phi) is 7.33. The summed E-state index contributed by atoms with van der Waals surface area (Å²) in [5.74, 6) is -0.348. The van der Waals surface area contributed by atoms with Crippen LogP contribution >= 0.6 is 0 Å². The highest BCUT2D eigenvalue weighted by Gasteiger charge is 2.44. The number of likely N-dealkylation sites (tertiary alicyclic amines) is 1. The van der Waals surface area contributed by atoms with Crippen molar-refractivity contribution in [2.45, 2.75) is 33.1 Å². The molecule has 0 aromatic heterocycles. The molecule has 1 fully saturated rings.